The molecule has 1 aliphatic rings. The fourth-order valence-corrected chi connectivity index (χ4v) is 2.74. The first-order valence-electron chi connectivity index (χ1n) is 7.40. The lowest BCUT2D eigenvalue weighted by molar-refractivity contribution is 0.297. The minimum atomic E-state index is 0.0437. The first-order valence-corrected chi connectivity index (χ1v) is 7.84. The minimum Gasteiger partial charge on any atom is -0.490 e. The number of benzene rings is 2. The van der Waals surface area contributed by atoms with Crippen molar-refractivity contribution in [3.8, 4) is 11.5 Å². The highest BCUT2D eigenvalue weighted by Crippen LogP contribution is 2.32. The third kappa shape index (κ3) is 3.70. The van der Waals surface area contributed by atoms with Crippen LogP contribution < -0.4 is 9.47 Å². The van der Waals surface area contributed by atoms with Crippen molar-refractivity contribution in [2.75, 3.05) is 13.2 Å². The molecule has 2 nitrogen and oxygen atoms in total. The monoisotopic (exact) mass is 302 g/mol. The predicted octanol–water partition coefficient (Wildman–Crippen LogP) is 4.76. The van der Waals surface area contributed by atoms with Gasteiger partial charge >= 0.3 is 0 Å². The predicted molar refractivity (Wildman–Crippen MR) is 85.4 cm³/mol. The van der Waals surface area contributed by atoms with Gasteiger partial charge in [-0.3, -0.25) is 0 Å². The minimum absolute atomic E-state index is 0.0437. The van der Waals surface area contributed by atoms with Gasteiger partial charge in [0.15, 0.2) is 11.5 Å². The second kappa shape index (κ2) is 6.86. The highest BCUT2D eigenvalue weighted by Gasteiger charge is 2.12. The van der Waals surface area contributed by atoms with Crippen LogP contribution >= 0.6 is 11.6 Å². The standard InChI is InChI=1S/C18H19ClO2/c19-16(15-5-2-1-3-6-15)9-7-14-8-10-17-18(13-14)21-12-4-11-20-17/h1-3,5-6,8,10,13,16H,4,7,9,11-12H2. The third-order valence-corrected chi connectivity index (χ3v) is 4.13. The SMILES string of the molecule is ClC(CCc1ccc2c(c1)OCCCO2)c1ccccc1. The van der Waals surface area contributed by atoms with E-state index >= 15 is 0 Å². The summed E-state index contributed by atoms with van der Waals surface area (Å²) in [6, 6.07) is 16.4. The molecule has 0 spiro atoms. The number of ether oxygens (including phenoxy) is 2. The van der Waals surface area contributed by atoms with E-state index in [1.165, 1.54) is 11.1 Å². The lowest BCUT2D eigenvalue weighted by Gasteiger charge is -2.12. The smallest absolute Gasteiger partial charge is 0.161 e. The largest absolute Gasteiger partial charge is 0.490 e. The van der Waals surface area contributed by atoms with Gasteiger partial charge in [-0.05, 0) is 36.1 Å². The number of hydrogen-bond donors (Lipinski definition) is 0. The van der Waals surface area contributed by atoms with Gasteiger partial charge in [-0.2, -0.15) is 0 Å². The van der Waals surface area contributed by atoms with Crippen LogP contribution in [0.1, 0.15) is 29.3 Å². The second-order valence-electron chi connectivity index (χ2n) is 5.25. The summed E-state index contributed by atoms with van der Waals surface area (Å²) in [5, 5.41) is 0.0437. The van der Waals surface area contributed by atoms with Crippen LogP contribution in [0.3, 0.4) is 0 Å². The summed E-state index contributed by atoms with van der Waals surface area (Å²) in [5.41, 5.74) is 2.41. The highest BCUT2D eigenvalue weighted by molar-refractivity contribution is 6.20. The molecule has 0 saturated carbocycles. The third-order valence-electron chi connectivity index (χ3n) is 3.66. The molecule has 21 heavy (non-hydrogen) atoms. The van der Waals surface area contributed by atoms with Crippen LogP contribution in [0.5, 0.6) is 11.5 Å². The summed E-state index contributed by atoms with van der Waals surface area (Å²) >= 11 is 6.47. The van der Waals surface area contributed by atoms with E-state index in [-0.39, 0.29) is 5.38 Å². The molecule has 110 valence electrons. The maximum absolute atomic E-state index is 6.47. The Bertz CT molecular complexity index is 583. The van der Waals surface area contributed by atoms with Crippen molar-refractivity contribution < 1.29 is 9.47 Å². The van der Waals surface area contributed by atoms with E-state index in [0.717, 1.165) is 44.0 Å². The molecule has 3 heteroatoms. The molecule has 0 bridgehead atoms. The molecule has 1 heterocycles. The van der Waals surface area contributed by atoms with Crippen LogP contribution in [-0.2, 0) is 6.42 Å². The molecule has 0 N–H and O–H groups in total. The van der Waals surface area contributed by atoms with Gasteiger partial charge in [0.05, 0.1) is 18.6 Å². The number of hydrogen-bond acceptors (Lipinski definition) is 2. The highest BCUT2D eigenvalue weighted by atomic mass is 35.5. The average Bonchev–Trinajstić information content (AvgIpc) is 2.78. The Hall–Kier alpha value is -1.67. The van der Waals surface area contributed by atoms with Crippen LogP contribution in [0.2, 0.25) is 0 Å². The maximum atomic E-state index is 6.47. The van der Waals surface area contributed by atoms with E-state index in [2.05, 4.69) is 24.3 Å². The lowest BCUT2D eigenvalue weighted by atomic mass is 10.0. The van der Waals surface area contributed by atoms with Crippen molar-refractivity contribution in [2.45, 2.75) is 24.6 Å². The van der Waals surface area contributed by atoms with Crippen molar-refractivity contribution in [1.29, 1.82) is 0 Å². The van der Waals surface area contributed by atoms with Gasteiger partial charge in [-0.15, -0.1) is 11.6 Å². The number of halogens is 1. The van der Waals surface area contributed by atoms with Gasteiger partial charge in [0, 0.05) is 6.42 Å². The zero-order valence-corrected chi connectivity index (χ0v) is 12.7. The Morgan fingerprint density at radius 1 is 0.952 bits per heavy atom. The van der Waals surface area contributed by atoms with Crippen LogP contribution in [0.4, 0.5) is 0 Å². The first kappa shape index (κ1) is 14.3. The molecule has 0 aliphatic carbocycles. The fraction of sp³-hybridized carbons (Fsp3) is 0.333. The van der Waals surface area contributed by atoms with E-state index in [4.69, 9.17) is 21.1 Å². The molecule has 0 saturated heterocycles. The molecule has 0 aromatic heterocycles. The molecule has 1 unspecified atom stereocenters. The Balaban J connectivity index is 1.64. The summed E-state index contributed by atoms with van der Waals surface area (Å²) in [5.74, 6) is 1.71. The number of alkyl halides is 1. The molecule has 2 aromatic rings. The van der Waals surface area contributed by atoms with E-state index in [9.17, 15) is 0 Å². The molecule has 1 atom stereocenters. The van der Waals surface area contributed by atoms with Crippen molar-refractivity contribution in [1.82, 2.24) is 0 Å². The van der Waals surface area contributed by atoms with Gasteiger partial charge in [-0.25, -0.2) is 0 Å². The molecule has 0 fully saturated rings. The van der Waals surface area contributed by atoms with Gasteiger partial charge in [0.2, 0.25) is 0 Å². The number of fused-ring (bicyclic) bond motifs is 1. The quantitative estimate of drug-likeness (QED) is 0.758. The Morgan fingerprint density at radius 3 is 2.52 bits per heavy atom. The Morgan fingerprint density at radius 2 is 1.71 bits per heavy atom. The topological polar surface area (TPSA) is 18.5 Å². The van der Waals surface area contributed by atoms with E-state index < -0.39 is 0 Å². The fourth-order valence-electron chi connectivity index (χ4n) is 2.49. The summed E-state index contributed by atoms with van der Waals surface area (Å²) < 4.78 is 11.4. The first-order chi connectivity index (χ1) is 10.3. The van der Waals surface area contributed by atoms with Gasteiger partial charge < -0.3 is 9.47 Å². The molecule has 0 amide bonds. The molecular formula is C18H19ClO2. The van der Waals surface area contributed by atoms with E-state index in [0.29, 0.717) is 0 Å². The molecular weight excluding hydrogens is 284 g/mol. The van der Waals surface area contributed by atoms with E-state index in [1.54, 1.807) is 0 Å². The maximum Gasteiger partial charge on any atom is 0.161 e. The van der Waals surface area contributed by atoms with Gasteiger partial charge in [-0.1, -0.05) is 36.4 Å². The zero-order valence-electron chi connectivity index (χ0n) is 11.9. The van der Waals surface area contributed by atoms with Gasteiger partial charge in [0.25, 0.3) is 0 Å². The van der Waals surface area contributed by atoms with Crippen LogP contribution in [-0.4, -0.2) is 13.2 Å². The van der Waals surface area contributed by atoms with Crippen molar-refractivity contribution in [2.24, 2.45) is 0 Å². The van der Waals surface area contributed by atoms with Crippen molar-refractivity contribution in [3.05, 3.63) is 59.7 Å². The lowest BCUT2D eigenvalue weighted by Crippen LogP contribution is -1.97. The molecule has 1 aliphatic heterocycles. The second-order valence-corrected chi connectivity index (χ2v) is 5.78. The summed E-state index contributed by atoms with van der Waals surface area (Å²) in [4.78, 5) is 0. The van der Waals surface area contributed by atoms with Crippen molar-refractivity contribution >= 4 is 11.6 Å². The number of aryl methyl sites for hydroxylation is 1. The summed E-state index contributed by atoms with van der Waals surface area (Å²) in [6.45, 7) is 1.45. The van der Waals surface area contributed by atoms with Crippen LogP contribution in [0, 0.1) is 0 Å². The van der Waals surface area contributed by atoms with Crippen LogP contribution in [0.25, 0.3) is 0 Å². The molecule has 0 radical (unpaired) electrons. The Labute approximate surface area is 130 Å². The van der Waals surface area contributed by atoms with Crippen molar-refractivity contribution in [3.63, 3.8) is 0 Å². The van der Waals surface area contributed by atoms with E-state index in [1.807, 2.05) is 24.3 Å². The molecule has 3 rings (SSSR count). The Kier molecular flexibility index (Phi) is 4.66. The van der Waals surface area contributed by atoms with Gasteiger partial charge in [0.1, 0.15) is 0 Å². The molecule has 2 aromatic carbocycles. The average molecular weight is 303 g/mol. The van der Waals surface area contributed by atoms with Crippen LogP contribution in [0.15, 0.2) is 48.5 Å². The summed E-state index contributed by atoms with van der Waals surface area (Å²) in [6.07, 6.45) is 2.77. The normalized spacial score (nSPS) is 15.3. The number of rotatable bonds is 4. The zero-order chi connectivity index (χ0) is 14.5. The summed E-state index contributed by atoms with van der Waals surface area (Å²) in [7, 11) is 0.